The number of hydrogen-bond acceptors (Lipinski definition) is 1. The van der Waals surface area contributed by atoms with E-state index in [-0.39, 0.29) is 12.8 Å². The van der Waals surface area contributed by atoms with Gasteiger partial charge in [-0.2, -0.15) is 13.2 Å². The lowest BCUT2D eigenvalue weighted by atomic mass is 10.1. The Hall–Kier alpha value is -1.98. The minimum Gasteiger partial charge on any atom is -0.481 e. The van der Waals surface area contributed by atoms with Crippen molar-refractivity contribution in [3.63, 3.8) is 0 Å². The molecule has 0 saturated carbocycles. The van der Waals surface area contributed by atoms with Gasteiger partial charge in [0.2, 0.25) is 0 Å². The van der Waals surface area contributed by atoms with Crippen molar-refractivity contribution in [2.24, 2.45) is 7.05 Å². The molecular weight excluding hydrogens is 259 g/mol. The molecule has 0 radical (unpaired) electrons. The van der Waals surface area contributed by atoms with Gasteiger partial charge < -0.3 is 9.67 Å². The summed E-state index contributed by atoms with van der Waals surface area (Å²) >= 11 is 0. The maximum absolute atomic E-state index is 12.8. The minimum atomic E-state index is -4.42. The van der Waals surface area contributed by atoms with Crippen LogP contribution in [0.5, 0.6) is 0 Å². The largest absolute Gasteiger partial charge is 0.481 e. The standard InChI is InChI=1S/C13H12F3NO2/c1-17-10(13(14,15)16)7-9-4-2-3-8(12(9)17)5-6-11(18)19/h2-4,7H,5-6H2,1H3,(H,18,19). The Bertz CT molecular complexity index is 629. The van der Waals surface area contributed by atoms with Gasteiger partial charge in [0.05, 0.1) is 5.52 Å². The van der Waals surface area contributed by atoms with Crippen LogP contribution in [0.1, 0.15) is 17.7 Å². The summed E-state index contributed by atoms with van der Waals surface area (Å²) in [6.45, 7) is 0. The zero-order chi connectivity index (χ0) is 14.2. The number of aromatic nitrogens is 1. The zero-order valence-electron chi connectivity index (χ0n) is 10.2. The van der Waals surface area contributed by atoms with Crippen molar-refractivity contribution in [2.45, 2.75) is 19.0 Å². The first kappa shape index (κ1) is 13.5. The van der Waals surface area contributed by atoms with Crippen molar-refractivity contribution >= 4 is 16.9 Å². The fraction of sp³-hybridized carbons (Fsp3) is 0.308. The number of alkyl halides is 3. The maximum Gasteiger partial charge on any atom is 0.431 e. The van der Waals surface area contributed by atoms with E-state index in [9.17, 15) is 18.0 Å². The van der Waals surface area contributed by atoms with Gasteiger partial charge >= 0.3 is 12.1 Å². The Morgan fingerprint density at radius 1 is 1.37 bits per heavy atom. The average molecular weight is 271 g/mol. The van der Waals surface area contributed by atoms with Crippen molar-refractivity contribution in [1.29, 1.82) is 0 Å². The van der Waals surface area contributed by atoms with Gasteiger partial charge in [0.1, 0.15) is 5.69 Å². The average Bonchev–Trinajstić information content (AvgIpc) is 2.64. The number of rotatable bonds is 3. The number of hydrogen-bond donors (Lipinski definition) is 1. The number of aryl methyl sites for hydroxylation is 2. The van der Waals surface area contributed by atoms with E-state index in [0.717, 1.165) is 10.6 Å². The molecule has 2 rings (SSSR count). The quantitative estimate of drug-likeness (QED) is 0.931. The first-order valence-electron chi connectivity index (χ1n) is 5.67. The van der Waals surface area contributed by atoms with Gasteiger partial charge in [-0.15, -0.1) is 0 Å². The van der Waals surface area contributed by atoms with Crippen LogP contribution in [0, 0.1) is 0 Å². The molecule has 0 spiro atoms. The molecule has 0 aliphatic carbocycles. The summed E-state index contributed by atoms with van der Waals surface area (Å²) in [6.07, 6.45) is -4.31. The molecule has 0 aliphatic heterocycles. The zero-order valence-corrected chi connectivity index (χ0v) is 10.2. The normalized spacial score (nSPS) is 12.0. The SMILES string of the molecule is Cn1c(C(F)(F)F)cc2cccc(CCC(=O)O)c21. The van der Waals surface area contributed by atoms with Crippen molar-refractivity contribution in [3.8, 4) is 0 Å². The molecule has 102 valence electrons. The highest BCUT2D eigenvalue weighted by Gasteiger charge is 2.34. The number of aliphatic carboxylic acids is 1. The van der Waals surface area contributed by atoms with Crippen molar-refractivity contribution in [1.82, 2.24) is 4.57 Å². The first-order valence-corrected chi connectivity index (χ1v) is 5.67. The fourth-order valence-electron chi connectivity index (χ4n) is 2.22. The highest BCUT2D eigenvalue weighted by molar-refractivity contribution is 5.85. The lowest BCUT2D eigenvalue weighted by Gasteiger charge is -2.09. The molecule has 0 atom stereocenters. The Labute approximate surface area is 107 Å². The van der Waals surface area contributed by atoms with Gasteiger partial charge in [-0.1, -0.05) is 18.2 Å². The lowest BCUT2D eigenvalue weighted by Crippen LogP contribution is -2.11. The van der Waals surface area contributed by atoms with Gasteiger partial charge in [-0.25, -0.2) is 0 Å². The number of nitrogens with zero attached hydrogens (tertiary/aromatic N) is 1. The molecule has 1 aromatic heterocycles. The Kier molecular flexibility index (Phi) is 3.26. The van der Waals surface area contributed by atoms with E-state index in [4.69, 9.17) is 5.11 Å². The van der Waals surface area contributed by atoms with Crippen LogP contribution in [-0.2, 0) is 24.4 Å². The van der Waals surface area contributed by atoms with E-state index in [1.807, 2.05) is 0 Å². The second-order valence-electron chi connectivity index (χ2n) is 4.34. The monoisotopic (exact) mass is 271 g/mol. The van der Waals surface area contributed by atoms with Crippen LogP contribution in [0.3, 0.4) is 0 Å². The summed E-state index contributed by atoms with van der Waals surface area (Å²) < 4.78 is 39.5. The van der Waals surface area contributed by atoms with Crippen molar-refractivity contribution in [2.75, 3.05) is 0 Å². The fourth-order valence-corrected chi connectivity index (χ4v) is 2.22. The Balaban J connectivity index is 2.55. The van der Waals surface area contributed by atoms with E-state index < -0.39 is 17.8 Å². The predicted molar refractivity (Wildman–Crippen MR) is 63.9 cm³/mol. The molecule has 0 saturated heterocycles. The third kappa shape index (κ3) is 2.57. The number of halogens is 3. The van der Waals surface area contributed by atoms with E-state index in [1.165, 1.54) is 7.05 Å². The van der Waals surface area contributed by atoms with Crippen LogP contribution in [0.2, 0.25) is 0 Å². The molecule has 1 heterocycles. The van der Waals surface area contributed by atoms with Gasteiger partial charge in [0.25, 0.3) is 0 Å². The van der Waals surface area contributed by atoms with Gasteiger partial charge in [-0.05, 0) is 18.1 Å². The van der Waals surface area contributed by atoms with Crippen LogP contribution in [-0.4, -0.2) is 15.6 Å². The number of carboxylic acid groups (broad SMARTS) is 1. The molecule has 3 nitrogen and oxygen atoms in total. The molecule has 1 aromatic carbocycles. The van der Waals surface area contributed by atoms with Gasteiger partial charge in [-0.3, -0.25) is 4.79 Å². The topological polar surface area (TPSA) is 42.2 Å². The molecule has 0 unspecified atom stereocenters. The second kappa shape index (κ2) is 4.60. The summed E-state index contributed by atoms with van der Waals surface area (Å²) in [5.74, 6) is -0.970. The molecule has 0 amide bonds. The van der Waals surface area contributed by atoms with Crippen LogP contribution in [0.4, 0.5) is 13.2 Å². The van der Waals surface area contributed by atoms with Crippen LogP contribution in [0.25, 0.3) is 10.9 Å². The van der Waals surface area contributed by atoms with E-state index in [0.29, 0.717) is 16.5 Å². The number of carboxylic acids is 1. The summed E-state index contributed by atoms with van der Waals surface area (Å²) in [5, 5.41) is 9.13. The Morgan fingerprint density at radius 2 is 2.05 bits per heavy atom. The highest BCUT2D eigenvalue weighted by atomic mass is 19.4. The summed E-state index contributed by atoms with van der Waals surface area (Å²) in [5.41, 5.74) is 0.319. The molecule has 2 aromatic rings. The molecule has 6 heteroatoms. The molecule has 0 fully saturated rings. The number of carbonyl (C=O) groups is 1. The maximum atomic E-state index is 12.8. The number of para-hydroxylation sites is 1. The Morgan fingerprint density at radius 3 is 2.63 bits per heavy atom. The molecular formula is C13H12F3NO2. The third-order valence-electron chi connectivity index (χ3n) is 3.04. The smallest absolute Gasteiger partial charge is 0.431 e. The van der Waals surface area contributed by atoms with E-state index >= 15 is 0 Å². The number of benzene rings is 1. The van der Waals surface area contributed by atoms with Crippen molar-refractivity contribution < 1.29 is 23.1 Å². The van der Waals surface area contributed by atoms with Gasteiger partial charge in [0, 0.05) is 18.9 Å². The second-order valence-corrected chi connectivity index (χ2v) is 4.34. The lowest BCUT2D eigenvalue weighted by molar-refractivity contribution is -0.143. The van der Waals surface area contributed by atoms with Crippen LogP contribution < -0.4 is 0 Å². The van der Waals surface area contributed by atoms with Crippen LogP contribution >= 0.6 is 0 Å². The number of fused-ring (bicyclic) bond motifs is 1. The molecule has 19 heavy (non-hydrogen) atoms. The third-order valence-corrected chi connectivity index (χ3v) is 3.04. The molecule has 1 N–H and O–H groups in total. The first-order chi connectivity index (χ1) is 8.80. The summed E-state index contributed by atoms with van der Waals surface area (Å²) in [6, 6.07) is 5.97. The van der Waals surface area contributed by atoms with Crippen LogP contribution in [0.15, 0.2) is 24.3 Å². The van der Waals surface area contributed by atoms with Gasteiger partial charge in [0.15, 0.2) is 0 Å². The minimum absolute atomic E-state index is 0.106. The highest BCUT2D eigenvalue weighted by Crippen LogP contribution is 2.34. The van der Waals surface area contributed by atoms with Crippen molar-refractivity contribution in [3.05, 3.63) is 35.5 Å². The summed E-state index contributed by atoms with van der Waals surface area (Å²) in [7, 11) is 1.34. The molecule has 0 aliphatic rings. The van der Waals surface area contributed by atoms with E-state index in [1.54, 1.807) is 18.2 Å². The molecule has 0 bridgehead atoms. The van der Waals surface area contributed by atoms with E-state index in [2.05, 4.69) is 0 Å². The predicted octanol–water partition coefficient (Wildman–Crippen LogP) is 3.21. The summed E-state index contributed by atoms with van der Waals surface area (Å²) in [4.78, 5) is 10.6.